The Balaban J connectivity index is 2.90. The molecule has 0 aromatic heterocycles. The average molecular weight is 235 g/mol. The third-order valence-corrected chi connectivity index (χ3v) is 3.09. The van der Waals surface area contributed by atoms with Gasteiger partial charge in [-0.25, -0.2) is 0 Å². The van der Waals surface area contributed by atoms with Crippen LogP contribution in [0.4, 0.5) is 0 Å². The molecule has 0 saturated heterocycles. The lowest BCUT2D eigenvalue weighted by atomic mass is 10.0. The van der Waals surface area contributed by atoms with Crippen LogP contribution in [-0.2, 0) is 0 Å². The molecule has 12 heavy (non-hydrogen) atoms. The van der Waals surface area contributed by atoms with E-state index in [2.05, 4.69) is 29.8 Å². The van der Waals surface area contributed by atoms with Gasteiger partial charge in [-0.3, -0.25) is 0 Å². The van der Waals surface area contributed by atoms with Crippen LogP contribution in [0.25, 0.3) is 0 Å². The second-order valence-electron chi connectivity index (χ2n) is 3.76. The Morgan fingerprint density at radius 3 is 2.17 bits per heavy atom. The highest BCUT2D eigenvalue weighted by molar-refractivity contribution is 9.09. The van der Waals surface area contributed by atoms with Crippen LogP contribution in [0.1, 0.15) is 58.8 Å². The van der Waals surface area contributed by atoms with Crippen molar-refractivity contribution in [3.8, 4) is 0 Å². The maximum atomic E-state index is 3.45. The van der Waals surface area contributed by atoms with Gasteiger partial charge in [-0.05, 0) is 12.3 Å². The van der Waals surface area contributed by atoms with E-state index in [0.29, 0.717) is 0 Å². The summed E-state index contributed by atoms with van der Waals surface area (Å²) in [6.45, 7) is 4.65. The minimum Gasteiger partial charge on any atom is -0.0928 e. The normalized spacial score (nSPS) is 13.2. The van der Waals surface area contributed by atoms with Crippen molar-refractivity contribution in [2.45, 2.75) is 58.8 Å². The number of hydrogen-bond acceptors (Lipinski definition) is 0. The number of halogens is 1. The van der Waals surface area contributed by atoms with Gasteiger partial charge in [0.2, 0.25) is 0 Å². The molecule has 0 N–H and O–H groups in total. The SMILES string of the molecule is CC[C@@H](C)CCCCCCCBr. The van der Waals surface area contributed by atoms with Gasteiger partial charge < -0.3 is 0 Å². The fraction of sp³-hybridized carbons (Fsp3) is 1.00. The molecule has 0 aliphatic heterocycles. The molecule has 0 nitrogen and oxygen atoms in total. The van der Waals surface area contributed by atoms with Gasteiger partial charge in [0.1, 0.15) is 0 Å². The van der Waals surface area contributed by atoms with Gasteiger partial charge in [0.15, 0.2) is 0 Å². The van der Waals surface area contributed by atoms with Crippen LogP contribution in [0.2, 0.25) is 0 Å². The van der Waals surface area contributed by atoms with Crippen molar-refractivity contribution in [2.75, 3.05) is 5.33 Å². The van der Waals surface area contributed by atoms with E-state index in [-0.39, 0.29) is 0 Å². The molecule has 0 fully saturated rings. The maximum absolute atomic E-state index is 3.45. The minimum absolute atomic E-state index is 0.946. The standard InChI is InChI=1S/C11H23Br/c1-3-11(2)9-7-5-4-6-8-10-12/h11H,3-10H2,1-2H3/t11-/m1/s1. The molecule has 0 aromatic rings. The molecule has 0 saturated carbocycles. The first-order valence-electron chi connectivity index (χ1n) is 5.37. The first-order chi connectivity index (χ1) is 5.81. The van der Waals surface area contributed by atoms with Crippen LogP contribution in [0.15, 0.2) is 0 Å². The van der Waals surface area contributed by atoms with Crippen LogP contribution in [-0.4, -0.2) is 5.33 Å². The molecule has 0 aliphatic carbocycles. The lowest BCUT2D eigenvalue weighted by molar-refractivity contribution is 0.474. The summed E-state index contributed by atoms with van der Waals surface area (Å²) >= 11 is 3.45. The van der Waals surface area contributed by atoms with E-state index < -0.39 is 0 Å². The lowest BCUT2D eigenvalue weighted by Crippen LogP contribution is -1.91. The molecule has 0 rings (SSSR count). The summed E-state index contributed by atoms with van der Waals surface area (Å²) in [4.78, 5) is 0. The lowest BCUT2D eigenvalue weighted by Gasteiger charge is -2.06. The second kappa shape index (κ2) is 9.57. The zero-order chi connectivity index (χ0) is 9.23. The summed E-state index contributed by atoms with van der Waals surface area (Å²) in [5.41, 5.74) is 0. The van der Waals surface area contributed by atoms with Crippen LogP contribution < -0.4 is 0 Å². The van der Waals surface area contributed by atoms with Crippen molar-refractivity contribution in [1.29, 1.82) is 0 Å². The highest BCUT2D eigenvalue weighted by atomic mass is 79.9. The van der Waals surface area contributed by atoms with Crippen molar-refractivity contribution in [3.05, 3.63) is 0 Å². The first kappa shape index (κ1) is 12.5. The summed E-state index contributed by atoms with van der Waals surface area (Å²) in [6, 6.07) is 0. The molecule has 1 atom stereocenters. The zero-order valence-corrected chi connectivity index (χ0v) is 10.2. The number of unbranched alkanes of at least 4 members (excludes halogenated alkanes) is 4. The van der Waals surface area contributed by atoms with Crippen LogP contribution >= 0.6 is 15.9 Å². The van der Waals surface area contributed by atoms with Crippen molar-refractivity contribution in [3.63, 3.8) is 0 Å². The Kier molecular flexibility index (Phi) is 9.95. The maximum Gasteiger partial charge on any atom is 0.00313 e. The van der Waals surface area contributed by atoms with E-state index in [4.69, 9.17) is 0 Å². The molecule has 0 aromatic carbocycles. The molecule has 0 bridgehead atoms. The largest absolute Gasteiger partial charge is 0.0928 e. The predicted octanol–water partition coefficient (Wildman–Crippen LogP) is 4.77. The highest BCUT2D eigenvalue weighted by Gasteiger charge is 1.97. The van der Waals surface area contributed by atoms with Gasteiger partial charge in [0.25, 0.3) is 0 Å². The van der Waals surface area contributed by atoms with Crippen LogP contribution in [0.3, 0.4) is 0 Å². The summed E-state index contributed by atoms with van der Waals surface area (Å²) in [5, 5.41) is 1.18. The second-order valence-corrected chi connectivity index (χ2v) is 4.55. The van der Waals surface area contributed by atoms with Crippen molar-refractivity contribution in [1.82, 2.24) is 0 Å². The molecule has 0 unspecified atom stereocenters. The van der Waals surface area contributed by atoms with Crippen LogP contribution in [0.5, 0.6) is 0 Å². The summed E-state index contributed by atoms with van der Waals surface area (Å²) < 4.78 is 0. The van der Waals surface area contributed by atoms with E-state index in [1.165, 1.54) is 50.3 Å². The van der Waals surface area contributed by atoms with Gasteiger partial charge in [-0.1, -0.05) is 68.3 Å². The molecule has 0 spiro atoms. The number of rotatable bonds is 8. The molecule has 1 heteroatoms. The van der Waals surface area contributed by atoms with Gasteiger partial charge in [-0.15, -0.1) is 0 Å². The Labute approximate surface area is 86.3 Å². The smallest absolute Gasteiger partial charge is 0.00313 e. The number of hydrogen-bond donors (Lipinski definition) is 0. The summed E-state index contributed by atoms with van der Waals surface area (Å²) in [6.07, 6.45) is 9.86. The monoisotopic (exact) mass is 234 g/mol. The summed E-state index contributed by atoms with van der Waals surface area (Å²) in [5.74, 6) is 0.946. The third-order valence-electron chi connectivity index (χ3n) is 2.53. The van der Waals surface area contributed by atoms with E-state index in [1.807, 2.05) is 0 Å². The average Bonchev–Trinajstić information content (AvgIpc) is 2.10. The third kappa shape index (κ3) is 8.58. The van der Waals surface area contributed by atoms with E-state index in [1.54, 1.807) is 0 Å². The summed E-state index contributed by atoms with van der Waals surface area (Å²) in [7, 11) is 0. The molecule has 74 valence electrons. The topological polar surface area (TPSA) is 0 Å². The van der Waals surface area contributed by atoms with Gasteiger partial charge >= 0.3 is 0 Å². The Hall–Kier alpha value is 0.480. The fourth-order valence-corrected chi connectivity index (χ4v) is 1.72. The Bertz CT molecular complexity index is 81.1. The molecule has 0 aliphatic rings. The highest BCUT2D eigenvalue weighted by Crippen LogP contribution is 2.13. The molecular weight excluding hydrogens is 212 g/mol. The first-order valence-corrected chi connectivity index (χ1v) is 6.49. The quantitative estimate of drug-likeness (QED) is 0.420. The zero-order valence-electron chi connectivity index (χ0n) is 8.61. The van der Waals surface area contributed by atoms with E-state index in [0.717, 1.165) is 5.92 Å². The minimum atomic E-state index is 0.946. The van der Waals surface area contributed by atoms with Crippen molar-refractivity contribution in [2.24, 2.45) is 5.92 Å². The Morgan fingerprint density at radius 2 is 1.58 bits per heavy atom. The van der Waals surface area contributed by atoms with E-state index in [9.17, 15) is 0 Å². The molecule has 0 radical (unpaired) electrons. The molecule has 0 heterocycles. The van der Waals surface area contributed by atoms with E-state index >= 15 is 0 Å². The van der Waals surface area contributed by atoms with Crippen molar-refractivity contribution < 1.29 is 0 Å². The predicted molar refractivity (Wildman–Crippen MR) is 61.0 cm³/mol. The Morgan fingerprint density at radius 1 is 1.00 bits per heavy atom. The fourth-order valence-electron chi connectivity index (χ4n) is 1.32. The molecular formula is C11H23Br. The number of alkyl halides is 1. The van der Waals surface area contributed by atoms with Gasteiger partial charge in [0.05, 0.1) is 0 Å². The van der Waals surface area contributed by atoms with Gasteiger partial charge in [-0.2, -0.15) is 0 Å². The van der Waals surface area contributed by atoms with Gasteiger partial charge in [0, 0.05) is 5.33 Å². The van der Waals surface area contributed by atoms with Crippen LogP contribution in [0, 0.1) is 5.92 Å². The van der Waals surface area contributed by atoms with Crippen molar-refractivity contribution >= 4 is 15.9 Å². The molecule has 0 amide bonds.